The largest absolute Gasteiger partial charge is 0.492 e. The van der Waals surface area contributed by atoms with E-state index in [0.29, 0.717) is 56.6 Å². The van der Waals surface area contributed by atoms with Gasteiger partial charge in [0.15, 0.2) is 18.2 Å². The lowest BCUT2D eigenvalue weighted by Gasteiger charge is -2.19. The summed E-state index contributed by atoms with van der Waals surface area (Å²) in [5, 5.41) is 6.09. The van der Waals surface area contributed by atoms with Crippen LogP contribution in [-0.4, -0.2) is 55.9 Å². The Balaban J connectivity index is 1.12. The molecule has 4 N–H and O–H groups in total. The maximum atomic E-state index is 12.4. The summed E-state index contributed by atoms with van der Waals surface area (Å²) >= 11 is 0. The predicted octanol–water partition coefficient (Wildman–Crippen LogP) is 2.92. The monoisotopic (exact) mass is 503 g/mol. The van der Waals surface area contributed by atoms with Crippen LogP contribution < -0.4 is 30.7 Å². The molecule has 0 aliphatic carbocycles. The topological polar surface area (TPSA) is 128 Å². The van der Waals surface area contributed by atoms with E-state index < -0.39 is 6.09 Å². The normalized spacial score (nSPS) is 16.6. The molecule has 0 bridgehead atoms. The average Bonchev–Trinajstić information content (AvgIpc) is 3.30. The number of fused-ring (bicyclic) bond motifs is 1. The maximum Gasteiger partial charge on any atom is 0.415 e. The highest BCUT2D eigenvalue weighted by Gasteiger charge is 2.33. The number of anilines is 2. The Kier molecular flexibility index (Phi) is 7.48. The molecule has 1 saturated heterocycles. The highest BCUT2D eigenvalue weighted by Crippen LogP contribution is 2.30. The number of carbonyl (C=O) groups excluding carboxylic acids is 2. The summed E-state index contributed by atoms with van der Waals surface area (Å²) in [7, 11) is 0. The molecule has 3 aromatic rings. The molecule has 10 heteroatoms. The van der Waals surface area contributed by atoms with E-state index in [1.54, 1.807) is 12.1 Å². The van der Waals surface area contributed by atoms with Crippen LogP contribution in [-0.2, 0) is 16.1 Å². The van der Waals surface area contributed by atoms with E-state index in [4.69, 9.17) is 19.9 Å². The first kappa shape index (κ1) is 24.5. The van der Waals surface area contributed by atoms with E-state index in [-0.39, 0.29) is 18.6 Å². The number of cyclic esters (lactones) is 1. The van der Waals surface area contributed by atoms with Crippen molar-refractivity contribution in [3.05, 3.63) is 66.2 Å². The molecule has 0 saturated carbocycles. The molecule has 2 amide bonds. The molecular weight excluding hydrogens is 474 g/mol. The maximum absolute atomic E-state index is 12.4. The summed E-state index contributed by atoms with van der Waals surface area (Å²) < 4.78 is 16.5. The van der Waals surface area contributed by atoms with E-state index in [1.807, 2.05) is 24.3 Å². The molecule has 1 aromatic heterocycles. The average molecular weight is 504 g/mol. The number of hydrogen-bond donors (Lipinski definition) is 3. The fourth-order valence-electron chi connectivity index (χ4n) is 4.26. The summed E-state index contributed by atoms with van der Waals surface area (Å²) in [4.78, 5) is 29.8. The number of nitrogens with two attached hydrogens (primary N) is 1. The lowest BCUT2D eigenvalue weighted by atomic mass is 10.0. The van der Waals surface area contributed by atoms with Gasteiger partial charge in [-0.3, -0.25) is 9.69 Å². The molecule has 2 aromatic carbocycles. The molecule has 3 heterocycles. The van der Waals surface area contributed by atoms with Crippen molar-refractivity contribution in [1.82, 2.24) is 10.3 Å². The molecule has 2 aliphatic heterocycles. The summed E-state index contributed by atoms with van der Waals surface area (Å²) in [5.74, 6) is 1.73. The van der Waals surface area contributed by atoms with Crippen LogP contribution >= 0.6 is 0 Å². The molecule has 192 valence electrons. The first-order chi connectivity index (χ1) is 18.1. The van der Waals surface area contributed by atoms with Crippen LogP contribution in [0.2, 0.25) is 0 Å². The quantitative estimate of drug-likeness (QED) is 0.361. The minimum atomic E-state index is -0.453. The Bertz CT molecular complexity index is 1280. The van der Waals surface area contributed by atoms with Gasteiger partial charge in [-0.1, -0.05) is 30.3 Å². The van der Waals surface area contributed by atoms with Gasteiger partial charge >= 0.3 is 6.09 Å². The van der Waals surface area contributed by atoms with Gasteiger partial charge in [0.1, 0.15) is 24.3 Å². The van der Waals surface area contributed by atoms with E-state index in [9.17, 15) is 9.59 Å². The molecular formula is C27H29N5O5. The highest BCUT2D eigenvalue weighted by atomic mass is 16.6. The van der Waals surface area contributed by atoms with Crippen molar-refractivity contribution in [3.63, 3.8) is 0 Å². The van der Waals surface area contributed by atoms with Gasteiger partial charge < -0.3 is 30.6 Å². The van der Waals surface area contributed by atoms with Crippen molar-refractivity contribution in [3.8, 4) is 22.6 Å². The van der Waals surface area contributed by atoms with Crippen LogP contribution in [0.15, 0.2) is 60.7 Å². The third kappa shape index (κ3) is 5.99. The van der Waals surface area contributed by atoms with Gasteiger partial charge in [-0.15, -0.1) is 0 Å². The SMILES string of the molecule is NCCOc1cccc(-c2cccc(CNCCC3CN(c4ccc5c(n4)NC(=O)CO5)C(=O)O3)c2)c1. The number of nitrogens with zero attached hydrogens (tertiary/aromatic N) is 2. The van der Waals surface area contributed by atoms with E-state index in [1.165, 1.54) is 4.90 Å². The lowest BCUT2D eigenvalue weighted by Crippen LogP contribution is -2.29. The smallest absolute Gasteiger partial charge is 0.415 e. The van der Waals surface area contributed by atoms with Gasteiger partial charge in [0, 0.05) is 13.1 Å². The highest BCUT2D eigenvalue weighted by molar-refractivity contribution is 5.95. The number of amides is 2. The Morgan fingerprint density at radius 1 is 1.11 bits per heavy atom. The number of benzene rings is 2. The van der Waals surface area contributed by atoms with Crippen molar-refractivity contribution >= 4 is 23.6 Å². The van der Waals surface area contributed by atoms with E-state index >= 15 is 0 Å². The van der Waals surface area contributed by atoms with Crippen molar-refractivity contribution in [2.75, 3.05) is 43.1 Å². The van der Waals surface area contributed by atoms with E-state index in [2.05, 4.69) is 39.9 Å². The Hall–Kier alpha value is -4.15. The zero-order chi connectivity index (χ0) is 25.6. The molecule has 10 nitrogen and oxygen atoms in total. The first-order valence-corrected chi connectivity index (χ1v) is 12.2. The molecule has 0 spiro atoms. The van der Waals surface area contributed by atoms with Crippen LogP contribution in [0.3, 0.4) is 0 Å². The van der Waals surface area contributed by atoms with E-state index in [0.717, 1.165) is 22.4 Å². The molecule has 5 rings (SSSR count). The number of nitrogens with one attached hydrogen (secondary N) is 2. The van der Waals surface area contributed by atoms with Crippen LogP contribution in [0.4, 0.5) is 16.4 Å². The summed E-state index contributed by atoms with van der Waals surface area (Å²) in [5.41, 5.74) is 8.87. The Morgan fingerprint density at radius 2 is 1.95 bits per heavy atom. The van der Waals surface area contributed by atoms with Crippen molar-refractivity contribution in [2.24, 2.45) is 5.73 Å². The molecule has 1 atom stereocenters. The van der Waals surface area contributed by atoms with Gasteiger partial charge in [0.25, 0.3) is 5.91 Å². The summed E-state index contributed by atoms with van der Waals surface area (Å²) in [6, 6.07) is 19.7. The van der Waals surface area contributed by atoms with Crippen molar-refractivity contribution < 1.29 is 23.8 Å². The molecule has 1 fully saturated rings. The second-order valence-corrected chi connectivity index (χ2v) is 8.80. The zero-order valence-electron chi connectivity index (χ0n) is 20.3. The second kappa shape index (κ2) is 11.3. The van der Waals surface area contributed by atoms with Crippen molar-refractivity contribution in [2.45, 2.75) is 19.1 Å². The van der Waals surface area contributed by atoms with Gasteiger partial charge in [-0.2, -0.15) is 0 Å². The molecule has 1 unspecified atom stereocenters. The fraction of sp³-hybridized carbons (Fsp3) is 0.296. The Labute approximate surface area is 214 Å². The number of ether oxygens (including phenoxy) is 3. The predicted molar refractivity (Wildman–Crippen MR) is 139 cm³/mol. The number of aromatic nitrogens is 1. The van der Waals surface area contributed by atoms with Crippen LogP contribution in [0.5, 0.6) is 11.5 Å². The number of carbonyl (C=O) groups is 2. The van der Waals surface area contributed by atoms with Crippen LogP contribution in [0.25, 0.3) is 11.1 Å². The van der Waals surface area contributed by atoms with Gasteiger partial charge in [-0.05, 0) is 60.0 Å². The summed E-state index contributed by atoms with van der Waals surface area (Å²) in [6.07, 6.45) is -0.0510. The number of hydrogen-bond acceptors (Lipinski definition) is 8. The lowest BCUT2D eigenvalue weighted by molar-refractivity contribution is -0.118. The fourth-order valence-corrected chi connectivity index (χ4v) is 4.26. The minimum Gasteiger partial charge on any atom is -0.492 e. The van der Waals surface area contributed by atoms with Gasteiger partial charge in [0.05, 0.1) is 6.54 Å². The van der Waals surface area contributed by atoms with Gasteiger partial charge in [-0.25, -0.2) is 9.78 Å². The number of rotatable bonds is 10. The molecule has 0 radical (unpaired) electrons. The standard InChI is InChI=1S/C27H29N5O5/c28-10-12-35-21-6-2-5-20(14-21)19-4-1-3-18(13-19)15-29-11-9-22-16-32(27(34)37-22)24-8-7-23-26(30-24)31-25(33)17-36-23/h1-8,13-14,22,29H,9-12,15-17,28H2,(H,30,31,33). The summed E-state index contributed by atoms with van der Waals surface area (Å²) in [6.45, 7) is 2.67. The Morgan fingerprint density at radius 3 is 2.81 bits per heavy atom. The number of pyridine rings is 1. The van der Waals surface area contributed by atoms with Crippen LogP contribution in [0.1, 0.15) is 12.0 Å². The second-order valence-electron chi connectivity index (χ2n) is 8.80. The van der Waals surface area contributed by atoms with Crippen LogP contribution in [0, 0.1) is 0 Å². The third-order valence-electron chi connectivity index (χ3n) is 6.06. The van der Waals surface area contributed by atoms with Gasteiger partial charge in [0.2, 0.25) is 0 Å². The first-order valence-electron chi connectivity index (χ1n) is 12.2. The third-order valence-corrected chi connectivity index (χ3v) is 6.06. The molecule has 37 heavy (non-hydrogen) atoms. The zero-order valence-corrected chi connectivity index (χ0v) is 20.3. The molecule has 2 aliphatic rings. The van der Waals surface area contributed by atoms with Crippen molar-refractivity contribution in [1.29, 1.82) is 0 Å². The minimum absolute atomic E-state index is 0.0451.